The van der Waals surface area contributed by atoms with Crippen molar-refractivity contribution in [3.05, 3.63) is 152 Å². The Labute approximate surface area is 269 Å². The molecule has 6 rings (SSSR count). The standard InChI is InChI=1S/C33H20N4O7S2/c38-31(34-21-2-10-25(11-3-21)45-27-14-6-23(7-15-27)36(41)42)20-1-18-29-30(19-20)33(40)35(32(29)39)22-4-12-26(13-5-22)46-28-16-8-24(9-17-28)37(43)44/h1-19H,(H,34,38). The minimum Gasteiger partial charge on any atom is -0.322 e. The third kappa shape index (κ3) is 6.36. The summed E-state index contributed by atoms with van der Waals surface area (Å²) in [5.74, 6) is -1.49. The lowest BCUT2D eigenvalue weighted by Crippen LogP contribution is -2.29. The molecule has 0 saturated carbocycles. The molecule has 1 N–H and O–H groups in total. The molecule has 3 amide bonds. The number of nitrogens with one attached hydrogen (secondary N) is 1. The Morgan fingerprint density at radius 2 is 1.02 bits per heavy atom. The molecule has 0 fully saturated rings. The molecule has 0 unspecified atom stereocenters. The van der Waals surface area contributed by atoms with Crippen LogP contribution in [0.1, 0.15) is 31.1 Å². The van der Waals surface area contributed by atoms with Crippen LogP contribution in [-0.2, 0) is 0 Å². The van der Waals surface area contributed by atoms with E-state index in [1.54, 1.807) is 72.8 Å². The highest BCUT2D eigenvalue weighted by atomic mass is 32.2. The van der Waals surface area contributed by atoms with Crippen molar-refractivity contribution in [2.24, 2.45) is 0 Å². The third-order valence-corrected chi connectivity index (χ3v) is 8.95. The number of amides is 3. The number of hydrogen-bond donors (Lipinski definition) is 1. The van der Waals surface area contributed by atoms with E-state index in [4.69, 9.17) is 0 Å². The average Bonchev–Trinajstić information content (AvgIpc) is 3.31. The fraction of sp³-hybridized carbons (Fsp3) is 0. The summed E-state index contributed by atoms with van der Waals surface area (Å²) >= 11 is 2.79. The number of imide groups is 1. The van der Waals surface area contributed by atoms with Gasteiger partial charge in [0.15, 0.2) is 0 Å². The first-order valence-electron chi connectivity index (χ1n) is 13.6. The van der Waals surface area contributed by atoms with Crippen molar-refractivity contribution in [3.63, 3.8) is 0 Å². The minimum absolute atomic E-state index is 0.00225. The fourth-order valence-electron chi connectivity index (χ4n) is 4.63. The lowest BCUT2D eigenvalue weighted by molar-refractivity contribution is -0.385. The van der Waals surface area contributed by atoms with Crippen LogP contribution in [0.2, 0.25) is 0 Å². The second-order valence-electron chi connectivity index (χ2n) is 9.88. The smallest absolute Gasteiger partial charge is 0.269 e. The summed E-state index contributed by atoms with van der Waals surface area (Å²) in [6, 6.07) is 30.5. The largest absolute Gasteiger partial charge is 0.322 e. The number of anilines is 2. The Morgan fingerprint density at radius 3 is 1.50 bits per heavy atom. The Bertz CT molecular complexity index is 2020. The summed E-state index contributed by atoms with van der Waals surface area (Å²) in [4.78, 5) is 64.7. The van der Waals surface area contributed by atoms with Crippen molar-refractivity contribution in [1.29, 1.82) is 0 Å². The summed E-state index contributed by atoms with van der Waals surface area (Å²) in [6.45, 7) is 0. The molecule has 0 radical (unpaired) electrons. The summed E-state index contributed by atoms with van der Waals surface area (Å²) in [7, 11) is 0. The number of hydrogen-bond acceptors (Lipinski definition) is 9. The number of benzene rings is 5. The van der Waals surface area contributed by atoms with E-state index < -0.39 is 27.6 Å². The van der Waals surface area contributed by atoms with Crippen LogP contribution in [0.4, 0.5) is 22.7 Å². The van der Waals surface area contributed by atoms with Gasteiger partial charge in [-0.1, -0.05) is 23.5 Å². The van der Waals surface area contributed by atoms with Crippen molar-refractivity contribution in [3.8, 4) is 0 Å². The molecule has 1 aliphatic rings. The number of nitro groups is 2. The number of rotatable bonds is 9. The maximum Gasteiger partial charge on any atom is 0.269 e. The van der Waals surface area contributed by atoms with Crippen molar-refractivity contribution in [1.82, 2.24) is 0 Å². The van der Waals surface area contributed by atoms with Crippen LogP contribution < -0.4 is 10.2 Å². The van der Waals surface area contributed by atoms with Gasteiger partial charge in [0.2, 0.25) is 0 Å². The molecule has 5 aromatic carbocycles. The number of nitro benzene ring substituents is 2. The van der Waals surface area contributed by atoms with Gasteiger partial charge < -0.3 is 5.32 Å². The van der Waals surface area contributed by atoms with Crippen molar-refractivity contribution in [2.75, 3.05) is 10.2 Å². The van der Waals surface area contributed by atoms with Gasteiger partial charge >= 0.3 is 0 Å². The van der Waals surface area contributed by atoms with Gasteiger partial charge in [-0.25, -0.2) is 4.90 Å². The predicted octanol–water partition coefficient (Wildman–Crippen LogP) is 7.86. The molecule has 226 valence electrons. The Morgan fingerprint density at radius 1 is 0.587 bits per heavy atom. The molecule has 0 atom stereocenters. The van der Waals surface area contributed by atoms with E-state index in [1.807, 2.05) is 0 Å². The first kappa shape index (κ1) is 30.2. The summed E-state index contributed by atoms with van der Waals surface area (Å²) in [6.07, 6.45) is 0. The molecule has 0 bridgehead atoms. The van der Waals surface area contributed by atoms with E-state index in [1.165, 1.54) is 66.0 Å². The van der Waals surface area contributed by atoms with Crippen LogP contribution in [0.15, 0.2) is 135 Å². The van der Waals surface area contributed by atoms with Crippen molar-refractivity contribution >= 4 is 64.0 Å². The van der Waals surface area contributed by atoms with E-state index in [0.29, 0.717) is 11.4 Å². The summed E-state index contributed by atoms with van der Waals surface area (Å²) in [5, 5.41) is 24.5. The molecule has 0 aromatic heterocycles. The van der Waals surface area contributed by atoms with Gasteiger partial charge in [-0.2, -0.15) is 0 Å². The molecular formula is C33H20N4O7S2. The Balaban J connectivity index is 1.10. The minimum atomic E-state index is -0.543. The highest BCUT2D eigenvalue weighted by molar-refractivity contribution is 7.99. The van der Waals surface area contributed by atoms with Crippen molar-refractivity contribution in [2.45, 2.75) is 19.6 Å². The lowest BCUT2D eigenvalue weighted by Gasteiger charge is -2.14. The van der Waals surface area contributed by atoms with E-state index >= 15 is 0 Å². The molecule has 46 heavy (non-hydrogen) atoms. The van der Waals surface area contributed by atoms with Crippen molar-refractivity contribution < 1.29 is 24.2 Å². The van der Waals surface area contributed by atoms with Crippen LogP contribution in [0.3, 0.4) is 0 Å². The molecule has 0 aliphatic carbocycles. The first-order valence-corrected chi connectivity index (χ1v) is 15.2. The van der Waals surface area contributed by atoms with E-state index in [0.717, 1.165) is 24.5 Å². The van der Waals surface area contributed by atoms with Gasteiger partial charge in [-0.3, -0.25) is 34.6 Å². The van der Waals surface area contributed by atoms with Gasteiger partial charge in [0.25, 0.3) is 29.1 Å². The van der Waals surface area contributed by atoms with Gasteiger partial charge in [-0.15, -0.1) is 0 Å². The van der Waals surface area contributed by atoms with E-state index in [9.17, 15) is 34.6 Å². The molecule has 0 spiro atoms. The second-order valence-corrected chi connectivity index (χ2v) is 12.2. The third-order valence-electron chi connectivity index (χ3n) is 6.92. The first-order chi connectivity index (χ1) is 22.2. The molecule has 1 aliphatic heterocycles. The highest BCUT2D eigenvalue weighted by Crippen LogP contribution is 2.34. The van der Waals surface area contributed by atoms with Crippen LogP contribution in [-0.4, -0.2) is 27.6 Å². The zero-order valence-corrected chi connectivity index (χ0v) is 25.1. The van der Waals surface area contributed by atoms with Crippen LogP contribution in [0.5, 0.6) is 0 Å². The normalized spacial score (nSPS) is 12.1. The lowest BCUT2D eigenvalue weighted by atomic mass is 10.1. The number of nitrogens with zero attached hydrogens (tertiary/aromatic N) is 3. The maximum absolute atomic E-state index is 13.3. The molecular weight excluding hydrogens is 629 g/mol. The fourth-order valence-corrected chi connectivity index (χ4v) is 6.27. The molecule has 0 saturated heterocycles. The summed E-state index contributed by atoms with van der Waals surface area (Å²) in [5.41, 5.74) is 1.43. The SMILES string of the molecule is O=C(Nc1ccc(Sc2ccc([N+](=O)[O-])cc2)cc1)c1ccc2c(c1)C(=O)N(c1ccc(Sc3ccc([N+](=O)[O-])cc3)cc1)C2=O. The number of carbonyl (C=O) groups is 3. The van der Waals surface area contributed by atoms with Crippen LogP contribution in [0, 0.1) is 20.2 Å². The van der Waals surface area contributed by atoms with E-state index in [-0.39, 0.29) is 28.1 Å². The maximum atomic E-state index is 13.3. The van der Waals surface area contributed by atoms with Gasteiger partial charge in [-0.05, 0) is 91.0 Å². The molecule has 13 heteroatoms. The van der Waals surface area contributed by atoms with E-state index in [2.05, 4.69) is 5.32 Å². The van der Waals surface area contributed by atoms with Gasteiger partial charge in [0.1, 0.15) is 0 Å². The quantitative estimate of drug-likeness (QED) is 0.0956. The zero-order chi connectivity index (χ0) is 32.4. The second kappa shape index (κ2) is 12.7. The number of non-ortho nitro benzene ring substituents is 2. The van der Waals surface area contributed by atoms with Gasteiger partial charge in [0, 0.05) is 55.1 Å². The molecule has 11 nitrogen and oxygen atoms in total. The summed E-state index contributed by atoms with van der Waals surface area (Å²) < 4.78 is 0. The monoisotopic (exact) mass is 648 g/mol. The zero-order valence-electron chi connectivity index (χ0n) is 23.5. The number of fused-ring (bicyclic) bond motifs is 1. The van der Waals surface area contributed by atoms with Crippen LogP contribution >= 0.6 is 23.5 Å². The molecule has 1 heterocycles. The molecule has 5 aromatic rings. The Kier molecular flexibility index (Phi) is 8.33. The predicted molar refractivity (Wildman–Crippen MR) is 173 cm³/mol. The average molecular weight is 649 g/mol. The van der Waals surface area contributed by atoms with Gasteiger partial charge in [0.05, 0.1) is 26.7 Å². The Hall–Kier alpha value is -5.79. The number of carbonyl (C=O) groups excluding carboxylic acids is 3. The van der Waals surface area contributed by atoms with Crippen LogP contribution in [0.25, 0.3) is 0 Å². The topological polar surface area (TPSA) is 153 Å². The highest BCUT2D eigenvalue weighted by Gasteiger charge is 2.37.